The molecule has 0 radical (unpaired) electrons. The minimum absolute atomic E-state index is 0.131. The first-order chi connectivity index (χ1) is 13.8. The minimum atomic E-state index is -3.86. The number of anilines is 1. The van der Waals surface area contributed by atoms with Crippen LogP contribution in [0.2, 0.25) is 0 Å². The molecule has 0 spiro atoms. The van der Waals surface area contributed by atoms with Crippen LogP contribution in [-0.2, 0) is 36.0 Å². The van der Waals surface area contributed by atoms with Gasteiger partial charge in [-0.05, 0) is 0 Å². The Hall–Kier alpha value is -0.370. The SMILES string of the molecule is COP(S)OCCn1c(CO[PH](O)(S)OC2COCC2O)nc2c(N)ncnc21. The molecular weight excluding hydrogens is 464 g/mol. The van der Waals surface area contributed by atoms with Gasteiger partial charge in [0.1, 0.15) is 0 Å². The first-order valence-electron chi connectivity index (χ1n) is 8.44. The number of hydrogen-bond acceptors (Lipinski definition) is 13. The molecule has 0 bridgehead atoms. The average molecular weight is 487 g/mol. The Balaban J connectivity index is 1.73. The van der Waals surface area contributed by atoms with E-state index in [1.165, 1.54) is 13.4 Å². The van der Waals surface area contributed by atoms with Gasteiger partial charge in [-0.15, -0.1) is 0 Å². The van der Waals surface area contributed by atoms with E-state index in [0.717, 1.165) is 0 Å². The fraction of sp³-hybridized carbons (Fsp3) is 0.615. The Morgan fingerprint density at radius 2 is 2.24 bits per heavy atom. The molecule has 2 aromatic heterocycles. The number of thiol groups is 2. The van der Waals surface area contributed by atoms with E-state index in [4.69, 9.17) is 28.6 Å². The Morgan fingerprint density at radius 1 is 1.45 bits per heavy atom. The van der Waals surface area contributed by atoms with Crippen molar-refractivity contribution in [2.24, 2.45) is 0 Å². The number of hydrogen-bond donors (Lipinski definition) is 5. The van der Waals surface area contributed by atoms with Crippen LogP contribution >= 0.6 is 39.2 Å². The topological polar surface area (TPSA) is 156 Å². The first kappa shape index (κ1) is 23.3. The predicted molar refractivity (Wildman–Crippen MR) is 115 cm³/mol. The molecule has 0 aliphatic carbocycles. The van der Waals surface area contributed by atoms with Crippen LogP contribution in [0.4, 0.5) is 5.82 Å². The number of nitrogens with zero attached hydrogens (tertiary/aromatic N) is 4. The van der Waals surface area contributed by atoms with Crippen LogP contribution in [0.1, 0.15) is 5.82 Å². The molecule has 0 amide bonds. The number of nitrogen functional groups attached to an aromatic ring is 1. The summed E-state index contributed by atoms with van der Waals surface area (Å²) in [5.41, 5.74) is 6.78. The Bertz CT molecular complexity index is 832. The van der Waals surface area contributed by atoms with Crippen molar-refractivity contribution in [2.75, 3.05) is 32.7 Å². The summed E-state index contributed by atoms with van der Waals surface area (Å²) in [7, 11) is -3.64. The van der Waals surface area contributed by atoms with Crippen molar-refractivity contribution < 1.29 is 32.8 Å². The van der Waals surface area contributed by atoms with Gasteiger partial charge in [-0.25, -0.2) is 0 Å². The maximum absolute atomic E-state index is 10.4. The maximum atomic E-state index is 10.4. The number of rotatable bonds is 10. The molecular formula is C13H23N5O7P2S2. The third-order valence-corrected chi connectivity index (χ3v) is 7.39. The van der Waals surface area contributed by atoms with Crippen molar-refractivity contribution in [1.82, 2.24) is 19.5 Å². The van der Waals surface area contributed by atoms with Gasteiger partial charge in [0.05, 0.1) is 0 Å². The third-order valence-electron chi connectivity index (χ3n) is 4.01. The molecule has 3 unspecified atom stereocenters. The summed E-state index contributed by atoms with van der Waals surface area (Å²) in [6, 6.07) is 0. The van der Waals surface area contributed by atoms with Gasteiger partial charge in [-0.2, -0.15) is 0 Å². The summed E-state index contributed by atoms with van der Waals surface area (Å²) in [5.74, 6) is 0.633. The molecule has 29 heavy (non-hydrogen) atoms. The van der Waals surface area contributed by atoms with Gasteiger partial charge in [0, 0.05) is 0 Å². The van der Waals surface area contributed by atoms with E-state index >= 15 is 0 Å². The molecule has 3 atom stereocenters. The van der Waals surface area contributed by atoms with Crippen LogP contribution in [0.15, 0.2) is 6.33 Å². The number of fused-ring (bicyclic) bond motifs is 1. The van der Waals surface area contributed by atoms with E-state index in [2.05, 4.69) is 39.4 Å². The summed E-state index contributed by atoms with van der Waals surface area (Å²) in [6.07, 6.45) is -0.226. The van der Waals surface area contributed by atoms with E-state index in [9.17, 15) is 10.00 Å². The van der Waals surface area contributed by atoms with Gasteiger partial charge in [-0.1, -0.05) is 0 Å². The number of ether oxygens (including phenoxy) is 1. The molecule has 1 aliphatic rings. The van der Waals surface area contributed by atoms with Crippen molar-refractivity contribution in [3.63, 3.8) is 0 Å². The van der Waals surface area contributed by atoms with Gasteiger partial charge in [0.2, 0.25) is 0 Å². The first-order valence-corrected chi connectivity index (χ1v) is 13.8. The zero-order chi connectivity index (χ0) is 21.0. The van der Waals surface area contributed by atoms with E-state index < -0.39 is 26.9 Å². The molecule has 2 aromatic rings. The fourth-order valence-electron chi connectivity index (χ4n) is 2.63. The second kappa shape index (κ2) is 10.3. The quantitative estimate of drug-likeness (QED) is 0.239. The van der Waals surface area contributed by atoms with Crippen LogP contribution in [0.25, 0.3) is 11.2 Å². The standard InChI is InChI=1S/C13H23N5O7P2S2/c1-21-26(28)23-3-2-18-10(17-11-12(14)15-7-16-13(11)18)6-24-27(20,29)25-9-5-22-4-8(9)19/h7-9,19-20,27-29H,2-6H2,1H3,(H2,14,15,16). The van der Waals surface area contributed by atoms with Gasteiger partial charge in [0.25, 0.3) is 0 Å². The Labute approximate surface area is 178 Å². The number of aliphatic hydroxyl groups excluding tert-OH is 1. The summed E-state index contributed by atoms with van der Waals surface area (Å²) in [4.78, 5) is 23.0. The Kier molecular flexibility index (Phi) is 8.27. The summed E-state index contributed by atoms with van der Waals surface area (Å²) in [5, 5.41) is 9.77. The molecule has 3 heterocycles. The molecule has 164 valence electrons. The molecule has 16 heteroatoms. The molecule has 0 aromatic carbocycles. The monoisotopic (exact) mass is 487 g/mol. The molecule has 3 rings (SSSR count). The summed E-state index contributed by atoms with van der Waals surface area (Å²) >= 11 is 8.26. The van der Waals surface area contributed by atoms with E-state index in [1.54, 1.807) is 4.57 Å². The zero-order valence-corrected chi connectivity index (χ0v) is 19.1. The fourth-order valence-corrected chi connectivity index (χ4v) is 4.83. The third kappa shape index (κ3) is 6.08. The predicted octanol–water partition coefficient (Wildman–Crippen LogP) is 0.853. The van der Waals surface area contributed by atoms with Gasteiger partial charge < -0.3 is 0 Å². The zero-order valence-electron chi connectivity index (χ0n) is 15.4. The molecule has 0 saturated carbocycles. The normalized spacial score (nSPS) is 21.7. The van der Waals surface area contributed by atoms with E-state index in [1.807, 2.05) is 0 Å². The van der Waals surface area contributed by atoms with Gasteiger partial charge in [-0.3, -0.25) is 0 Å². The molecule has 1 aliphatic heterocycles. The number of nitrogens with two attached hydrogens (primary N) is 1. The van der Waals surface area contributed by atoms with E-state index in [-0.39, 0.29) is 32.2 Å². The second-order valence-electron chi connectivity index (χ2n) is 5.96. The van der Waals surface area contributed by atoms with Crippen LogP contribution in [0, 0.1) is 0 Å². The van der Waals surface area contributed by atoms with Crippen LogP contribution in [0.3, 0.4) is 0 Å². The van der Waals surface area contributed by atoms with E-state index in [0.29, 0.717) is 23.5 Å². The number of imidazole rings is 1. The molecule has 1 fully saturated rings. The number of aromatic nitrogens is 4. The molecule has 12 nitrogen and oxygen atoms in total. The van der Waals surface area contributed by atoms with Crippen molar-refractivity contribution in [1.29, 1.82) is 0 Å². The molecule has 1 saturated heterocycles. The summed E-state index contributed by atoms with van der Waals surface area (Å²) < 4.78 is 28.2. The second-order valence-corrected chi connectivity index (χ2v) is 11.4. The number of aliphatic hydroxyl groups is 1. The average Bonchev–Trinajstić information content (AvgIpc) is 3.24. The summed E-state index contributed by atoms with van der Waals surface area (Å²) in [6.45, 7) is 0.777. The Morgan fingerprint density at radius 3 is 2.93 bits per heavy atom. The van der Waals surface area contributed by atoms with Crippen molar-refractivity contribution in [3.8, 4) is 0 Å². The van der Waals surface area contributed by atoms with Crippen LogP contribution in [-0.4, -0.2) is 68.7 Å². The van der Waals surface area contributed by atoms with Crippen molar-refractivity contribution >= 4 is 56.2 Å². The van der Waals surface area contributed by atoms with Gasteiger partial charge in [0.15, 0.2) is 0 Å². The molecule has 4 N–H and O–H groups in total. The van der Waals surface area contributed by atoms with Crippen LogP contribution < -0.4 is 5.73 Å². The van der Waals surface area contributed by atoms with Gasteiger partial charge >= 0.3 is 179 Å². The van der Waals surface area contributed by atoms with Crippen molar-refractivity contribution in [3.05, 3.63) is 12.2 Å². The van der Waals surface area contributed by atoms with Crippen LogP contribution in [0.5, 0.6) is 0 Å². The van der Waals surface area contributed by atoms with Crippen molar-refractivity contribution in [2.45, 2.75) is 25.4 Å².